The standard InChI is InChI=1S/C16H20F2N2O3S/c17-12-9-13(18)11-14(10-12)24(22,23)20-8-2-1-5-15(20)16(21)19-6-3-4-7-19/h9-11,15H,1-8H2/t15-/m0/s1. The Bertz CT molecular complexity index is 713. The zero-order valence-electron chi connectivity index (χ0n) is 13.2. The van der Waals surface area contributed by atoms with E-state index >= 15 is 0 Å². The van der Waals surface area contributed by atoms with Gasteiger partial charge in [-0.2, -0.15) is 4.31 Å². The fourth-order valence-corrected chi connectivity index (χ4v) is 5.09. The predicted octanol–water partition coefficient (Wildman–Crippen LogP) is 2.13. The third-order valence-electron chi connectivity index (χ3n) is 4.60. The molecule has 0 spiro atoms. The van der Waals surface area contributed by atoms with E-state index in [4.69, 9.17) is 0 Å². The highest BCUT2D eigenvalue weighted by molar-refractivity contribution is 7.89. The van der Waals surface area contributed by atoms with E-state index in [-0.39, 0.29) is 12.5 Å². The van der Waals surface area contributed by atoms with Crippen molar-refractivity contribution in [1.29, 1.82) is 0 Å². The van der Waals surface area contributed by atoms with Crippen LogP contribution in [0.4, 0.5) is 8.78 Å². The molecule has 0 unspecified atom stereocenters. The lowest BCUT2D eigenvalue weighted by Crippen LogP contribution is -2.52. The molecule has 2 fully saturated rings. The number of carbonyl (C=O) groups excluding carboxylic acids is 1. The van der Waals surface area contributed by atoms with Gasteiger partial charge in [0, 0.05) is 25.7 Å². The number of rotatable bonds is 3. The molecule has 3 rings (SSSR count). The van der Waals surface area contributed by atoms with Crippen LogP contribution < -0.4 is 0 Å². The molecule has 0 aliphatic carbocycles. The predicted molar refractivity (Wildman–Crippen MR) is 83.7 cm³/mol. The van der Waals surface area contributed by atoms with Crippen molar-refractivity contribution in [2.24, 2.45) is 0 Å². The number of carbonyl (C=O) groups is 1. The third-order valence-corrected chi connectivity index (χ3v) is 6.49. The molecule has 2 aliphatic rings. The highest BCUT2D eigenvalue weighted by atomic mass is 32.2. The Labute approximate surface area is 140 Å². The van der Waals surface area contributed by atoms with E-state index in [1.807, 2.05) is 0 Å². The van der Waals surface area contributed by atoms with Crippen LogP contribution in [0.5, 0.6) is 0 Å². The van der Waals surface area contributed by atoms with Crippen LogP contribution in [0.25, 0.3) is 0 Å². The summed E-state index contributed by atoms with van der Waals surface area (Å²) in [4.78, 5) is 13.9. The molecule has 8 heteroatoms. The van der Waals surface area contributed by atoms with Crippen LogP contribution in [-0.2, 0) is 14.8 Å². The Morgan fingerprint density at radius 1 is 0.958 bits per heavy atom. The van der Waals surface area contributed by atoms with Gasteiger partial charge >= 0.3 is 0 Å². The van der Waals surface area contributed by atoms with E-state index in [0.717, 1.165) is 35.7 Å². The van der Waals surface area contributed by atoms with Crippen molar-refractivity contribution in [1.82, 2.24) is 9.21 Å². The van der Waals surface area contributed by atoms with Gasteiger partial charge in [-0.15, -0.1) is 0 Å². The quantitative estimate of drug-likeness (QED) is 0.832. The summed E-state index contributed by atoms with van der Waals surface area (Å²) in [6.45, 7) is 1.46. The topological polar surface area (TPSA) is 57.7 Å². The zero-order chi connectivity index (χ0) is 17.3. The minimum absolute atomic E-state index is 0.185. The Morgan fingerprint density at radius 2 is 1.54 bits per heavy atom. The Balaban J connectivity index is 1.92. The average molecular weight is 358 g/mol. The largest absolute Gasteiger partial charge is 0.341 e. The van der Waals surface area contributed by atoms with Gasteiger partial charge in [0.15, 0.2) is 0 Å². The van der Waals surface area contributed by atoms with Gasteiger partial charge in [0.2, 0.25) is 15.9 Å². The first kappa shape index (κ1) is 17.3. The molecule has 0 radical (unpaired) electrons. The number of nitrogens with zero attached hydrogens (tertiary/aromatic N) is 2. The van der Waals surface area contributed by atoms with Gasteiger partial charge in [-0.1, -0.05) is 6.42 Å². The van der Waals surface area contributed by atoms with E-state index in [9.17, 15) is 22.0 Å². The number of likely N-dealkylation sites (tertiary alicyclic amines) is 1. The Kier molecular flexibility index (Phi) is 4.87. The molecular weight excluding hydrogens is 338 g/mol. The number of halogens is 2. The minimum Gasteiger partial charge on any atom is -0.341 e. The van der Waals surface area contributed by atoms with E-state index in [2.05, 4.69) is 0 Å². The fourth-order valence-electron chi connectivity index (χ4n) is 3.40. The molecule has 2 aliphatic heterocycles. The monoisotopic (exact) mass is 358 g/mol. The van der Waals surface area contributed by atoms with Crippen molar-refractivity contribution in [2.75, 3.05) is 19.6 Å². The second-order valence-corrected chi connectivity index (χ2v) is 8.16. The molecular formula is C16H20F2N2O3S. The fraction of sp³-hybridized carbons (Fsp3) is 0.562. The number of sulfonamides is 1. The van der Waals surface area contributed by atoms with Crippen LogP contribution in [0.15, 0.2) is 23.1 Å². The van der Waals surface area contributed by atoms with Crippen molar-refractivity contribution in [3.05, 3.63) is 29.8 Å². The molecule has 24 heavy (non-hydrogen) atoms. The van der Waals surface area contributed by atoms with E-state index in [1.165, 1.54) is 0 Å². The summed E-state index contributed by atoms with van der Waals surface area (Å²) in [7, 11) is -4.12. The maximum absolute atomic E-state index is 13.4. The first-order chi connectivity index (χ1) is 11.4. The molecule has 132 valence electrons. The number of hydrogen-bond donors (Lipinski definition) is 0. The Morgan fingerprint density at radius 3 is 2.17 bits per heavy atom. The van der Waals surface area contributed by atoms with Gasteiger partial charge in [-0.25, -0.2) is 17.2 Å². The SMILES string of the molecule is O=C([C@@H]1CCCCN1S(=O)(=O)c1cc(F)cc(F)c1)N1CCCC1. The lowest BCUT2D eigenvalue weighted by Gasteiger charge is -2.35. The first-order valence-corrected chi connectivity index (χ1v) is 9.60. The van der Waals surface area contributed by atoms with E-state index in [0.29, 0.717) is 32.0 Å². The summed E-state index contributed by atoms with van der Waals surface area (Å²) >= 11 is 0. The molecule has 2 saturated heterocycles. The summed E-state index contributed by atoms with van der Waals surface area (Å²) in [6.07, 6.45) is 3.65. The molecule has 0 N–H and O–H groups in total. The van der Waals surface area contributed by atoms with Gasteiger partial charge in [0.25, 0.3) is 0 Å². The van der Waals surface area contributed by atoms with Gasteiger partial charge in [0.05, 0.1) is 4.90 Å². The van der Waals surface area contributed by atoms with Crippen molar-refractivity contribution < 1.29 is 22.0 Å². The molecule has 2 heterocycles. The molecule has 0 aromatic heterocycles. The average Bonchev–Trinajstić information content (AvgIpc) is 3.07. The third kappa shape index (κ3) is 3.30. The van der Waals surface area contributed by atoms with Crippen molar-refractivity contribution >= 4 is 15.9 Å². The molecule has 1 amide bonds. The van der Waals surface area contributed by atoms with Gasteiger partial charge < -0.3 is 4.90 Å². The molecule has 5 nitrogen and oxygen atoms in total. The lowest BCUT2D eigenvalue weighted by atomic mass is 10.0. The Hall–Kier alpha value is -1.54. The van der Waals surface area contributed by atoms with Crippen molar-refractivity contribution in [3.63, 3.8) is 0 Å². The highest BCUT2D eigenvalue weighted by Gasteiger charge is 2.40. The summed E-state index contributed by atoms with van der Waals surface area (Å²) in [5.41, 5.74) is 0. The number of piperidine rings is 1. The second-order valence-electron chi connectivity index (χ2n) is 6.26. The van der Waals surface area contributed by atoms with Crippen LogP contribution in [0.2, 0.25) is 0 Å². The normalized spacial score (nSPS) is 22.8. The van der Waals surface area contributed by atoms with Crippen molar-refractivity contribution in [2.45, 2.75) is 43.0 Å². The van der Waals surface area contributed by atoms with Crippen LogP contribution in [0.1, 0.15) is 32.1 Å². The summed E-state index contributed by atoms with van der Waals surface area (Å²) in [5.74, 6) is -2.10. The maximum atomic E-state index is 13.4. The van der Waals surface area contributed by atoms with Crippen molar-refractivity contribution in [3.8, 4) is 0 Å². The molecule has 1 atom stereocenters. The van der Waals surface area contributed by atoms with E-state index < -0.39 is 32.6 Å². The molecule has 0 saturated carbocycles. The number of amides is 1. The van der Waals surface area contributed by atoms with Gasteiger partial charge in [-0.3, -0.25) is 4.79 Å². The van der Waals surface area contributed by atoms with Gasteiger partial charge in [0.1, 0.15) is 17.7 Å². The van der Waals surface area contributed by atoms with Gasteiger partial charge in [-0.05, 0) is 37.8 Å². The van der Waals surface area contributed by atoms with Crippen LogP contribution in [-0.4, -0.2) is 49.2 Å². The molecule has 0 bridgehead atoms. The molecule has 1 aromatic carbocycles. The smallest absolute Gasteiger partial charge is 0.244 e. The number of hydrogen-bond acceptors (Lipinski definition) is 3. The highest BCUT2D eigenvalue weighted by Crippen LogP contribution is 2.28. The minimum atomic E-state index is -4.12. The zero-order valence-corrected chi connectivity index (χ0v) is 14.1. The summed E-state index contributed by atoms with van der Waals surface area (Å²) < 4.78 is 53.7. The van der Waals surface area contributed by atoms with Crippen LogP contribution >= 0.6 is 0 Å². The van der Waals surface area contributed by atoms with Crippen LogP contribution in [0, 0.1) is 11.6 Å². The second kappa shape index (κ2) is 6.76. The maximum Gasteiger partial charge on any atom is 0.244 e. The first-order valence-electron chi connectivity index (χ1n) is 8.16. The lowest BCUT2D eigenvalue weighted by molar-refractivity contribution is -0.135. The number of benzene rings is 1. The van der Waals surface area contributed by atoms with Crippen LogP contribution in [0.3, 0.4) is 0 Å². The van der Waals surface area contributed by atoms with E-state index in [1.54, 1.807) is 4.90 Å². The summed E-state index contributed by atoms with van der Waals surface area (Å²) in [5, 5.41) is 0. The summed E-state index contributed by atoms with van der Waals surface area (Å²) in [6, 6.07) is 1.44. The molecule has 1 aromatic rings.